The van der Waals surface area contributed by atoms with Gasteiger partial charge in [0.25, 0.3) is 0 Å². The fourth-order valence-electron chi connectivity index (χ4n) is 3.08. The van der Waals surface area contributed by atoms with E-state index in [4.69, 9.17) is 0 Å². The average molecular weight is 294 g/mol. The van der Waals surface area contributed by atoms with E-state index in [2.05, 4.69) is 22.8 Å². The lowest BCUT2D eigenvalue weighted by atomic mass is 10.1. The first kappa shape index (κ1) is 14.6. The normalized spacial score (nSPS) is 16.5. The maximum absolute atomic E-state index is 12.9. The third-order valence-electron chi connectivity index (χ3n) is 4.06. The van der Waals surface area contributed by atoms with E-state index < -0.39 is 0 Å². The van der Waals surface area contributed by atoms with Gasteiger partial charge in [0.1, 0.15) is 0 Å². The highest BCUT2D eigenvalue weighted by atomic mass is 16.1. The lowest BCUT2D eigenvalue weighted by Gasteiger charge is -2.12. The molecule has 0 fully saturated rings. The van der Waals surface area contributed by atoms with Gasteiger partial charge in [0.05, 0.1) is 5.69 Å². The molecule has 0 saturated carbocycles. The summed E-state index contributed by atoms with van der Waals surface area (Å²) in [6, 6.07) is 12.4. The standard InChI is InChI=1S/C19H22N2O/c1-20(2)14-17-10-6-9-16-11-12-21(18(16)19(17)22)13-15-7-4-3-5-8-15/h3-5,7-8,11-12,14H,6,9-10,13H2,1-2H3. The van der Waals surface area contributed by atoms with E-state index in [1.54, 1.807) is 0 Å². The summed E-state index contributed by atoms with van der Waals surface area (Å²) >= 11 is 0. The van der Waals surface area contributed by atoms with Crippen LogP contribution in [-0.4, -0.2) is 29.3 Å². The second-order valence-electron chi connectivity index (χ2n) is 6.10. The molecule has 0 unspecified atom stereocenters. The molecule has 114 valence electrons. The second-order valence-corrected chi connectivity index (χ2v) is 6.10. The Bertz CT molecular complexity index is 695. The van der Waals surface area contributed by atoms with Gasteiger partial charge in [-0.1, -0.05) is 30.3 Å². The molecule has 1 aliphatic rings. The highest BCUT2D eigenvalue weighted by Crippen LogP contribution is 2.26. The fraction of sp³-hybridized carbons (Fsp3) is 0.316. The third kappa shape index (κ3) is 2.98. The van der Waals surface area contributed by atoms with E-state index in [-0.39, 0.29) is 5.78 Å². The summed E-state index contributed by atoms with van der Waals surface area (Å²) in [6.45, 7) is 0.747. The highest BCUT2D eigenvalue weighted by Gasteiger charge is 2.24. The SMILES string of the molecule is CN(C)C=C1CCCc2ccn(Cc3ccccc3)c2C1=O. The van der Waals surface area contributed by atoms with Crippen molar-refractivity contribution in [1.82, 2.24) is 9.47 Å². The van der Waals surface area contributed by atoms with Crippen LogP contribution in [0.4, 0.5) is 0 Å². The number of hydrogen-bond donors (Lipinski definition) is 0. The van der Waals surface area contributed by atoms with Gasteiger partial charge < -0.3 is 9.47 Å². The first-order valence-electron chi connectivity index (χ1n) is 7.79. The lowest BCUT2D eigenvalue weighted by molar-refractivity contribution is 0.102. The summed E-state index contributed by atoms with van der Waals surface area (Å²) in [6.07, 6.45) is 6.89. The van der Waals surface area contributed by atoms with Gasteiger partial charge in [-0.15, -0.1) is 0 Å². The molecule has 0 amide bonds. The molecule has 0 bridgehead atoms. The monoisotopic (exact) mass is 294 g/mol. The Kier molecular flexibility index (Phi) is 4.14. The summed E-state index contributed by atoms with van der Waals surface area (Å²) < 4.78 is 2.10. The Morgan fingerprint density at radius 3 is 2.64 bits per heavy atom. The molecule has 1 heterocycles. The van der Waals surface area contributed by atoms with Crippen LogP contribution in [-0.2, 0) is 13.0 Å². The predicted octanol–water partition coefficient (Wildman–Crippen LogP) is 3.50. The number of fused-ring (bicyclic) bond motifs is 1. The number of rotatable bonds is 3. The van der Waals surface area contributed by atoms with Gasteiger partial charge in [-0.05, 0) is 36.5 Å². The smallest absolute Gasteiger partial charge is 0.207 e. The first-order valence-corrected chi connectivity index (χ1v) is 7.79. The minimum Gasteiger partial charge on any atom is -0.383 e. The maximum Gasteiger partial charge on any atom is 0.207 e. The first-order chi connectivity index (χ1) is 10.6. The van der Waals surface area contributed by atoms with Gasteiger partial charge >= 0.3 is 0 Å². The van der Waals surface area contributed by atoms with Crippen molar-refractivity contribution in [2.45, 2.75) is 25.8 Å². The van der Waals surface area contributed by atoms with E-state index >= 15 is 0 Å². The highest BCUT2D eigenvalue weighted by molar-refractivity contribution is 6.09. The van der Waals surface area contributed by atoms with Crippen LogP contribution in [0.25, 0.3) is 0 Å². The predicted molar refractivity (Wildman–Crippen MR) is 89.0 cm³/mol. The van der Waals surface area contributed by atoms with E-state index in [9.17, 15) is 4.79 Å². The van der Waals surface area contributed by atoms with Crippen LogP contribution in [0.1, 0.15) is 34.5 Å². The molecule has 1 aliphatic carbocycles. The number of allylic oxidation sites excluding steroid dienone is 1. The van der Waals surface area contributed by atoms with Crippen molar-refractivity contribution in [3.63, 3.8) is 0 Å². The van der Waals surface area contributed by atoms with Gasteiger partial charge in [-0.3, -0.25) is 4.79 Å². The Morgan fingerprint density at radius 2 is 1.91 bits per heavy atom. The van der Waals surface area contributed by atoms with Crippen molar-refractivity contribution in [2.24, 2.45) is 0 Å². The number of aromatic nitrogens is 1. The van der Waals surface area contributed by atoms with Gasteiger partial charge in [-0.25, -0.2) is 0 Å². The number of carbonyl (C=O) groups excluding carboxylic acids is 1. The average Bonchev–Trinajstić information content (AvgIpc) is 2.82. The Hall–Kier alpha value is -2.29. The van der Waals surface area contributed by atoms with Crippen LogP contribution in [0.3, 0.4) is 0 Å². The number of hydrogen-bond acceptors (Lipinski definition) is 2. The van der Waals surface area contributed by atoms with Gasteiger partial charge in [0, 0.05) is 38.6 Å². The Labute approximate surface area is 131 Å². The zero-order chi connectivity index (χ0) is 15.5. The van der Waals surface area contributed by atoms with Crippen molar-refractivity contribution in [3.8, 4) is 0 Å². The number of aryl methyl sites for hydroxylation is 1. The number of ketones is 1. The van der Waals surface area contributed by atoms with Crippen molar-refractivity contribution < 1.29 is 4.79 Å². The minimum atomic E-state index is 0.183. The molecule has 2 aromatic rings. The maximum atomic E-state index is 12.9. The van der Waals surface area contributed by atoms with E-state index in [1.807, 2.05) is 49.6 Å². The molecule has 0 aliphatic heterocycles. The molecule has 22 heavy (non-hydrogen) atoms. The van der Waals surface area contributed by atoms with Crippen molar-refractivity contribution in [1.29, 1.82) is 0 Å². The van der Waals surface area contributed by atoms with E-state index in [0.717, 1.165) is 37.1 Å². The van der Waals surface area contributed by atoms with Crippen LogP contribution in [0.5, 0.6) is 0 Å². The van der Waals surface area contributed by atoms with Crippen LogP contribution >= 0.6 is 0 Å². The fourth-order valence-corrected chi connectivity index (χ4v) is 3.08. The van der Waals surface area contributed by atoms with E-state index in [0.29, 0.717) is 0 Å². The van der Waals surface area contributed by atoms with Crippen LogP contribution in [0, 0.1) is 0 Å². The van der Waals surface area contributed by atoms with Gasteiger partial charge in [-0.2, -0.15) is 0 Å². The minimum absolute atomic E-state index is 0.183. The quantitative estimate of drug-likeness (QED) is 0.639. The van der Waals surface area contributed by atoms with E-state index in [1.165, 1.54) is 11.1 Å². The summed E-state index contributed by atoms with van der Waals surface area (Å²) in [5.74, 6) is 0.183. The molecule has 1 aromatic carbocycles. The van der Waals surface area contributed by atoms with Crippen LogP contribution in [0.15, 0.2) is 54.4 Å². The lowest BCUT2D eigenvalue weighted by Crippen LogP contribution is -2.14. The zero-order valence-electron chi connectivity index (χ0n) is 13.2. The number of carbonyl (C=O) groups is 1. The summed E-state index contributed by atoms with van der Waals surface area (Å²) in [4.78, 5) is 14.9. The van der Waals surface area contributed by atoms with Crippen LogP contribution < -0.4 is 0 Å². The van der Waals surface area contributed by atoms with Crippen molar-refractivity contribution in [2.75, 3.05) is 14.1 Å². The Balaban J connectivity index is 1.97. The molecule has 3 rings (SSSR count). The number of nitrogens with zero attached hydrogens (tertiary/aromatic N) is 2. The third-order valence-corrected chi connectivity index (χ3v) is 4.06. The molecule has 0 N–H and O–H groups in total. The molecule has 3 nitrogen and oxygen atoms in total. The summed E-state index contributed by atoms with van der Waals surface area (Å²) in [5.41, 5.74) is 4.19. The molecular formula is C19H22N2O. The van der Waals surface area contributed by atoms with Crippen molar-refractivity contribution in [3.05, 3.63) is 71.2 Å². The Morgan fingerprint density at radius 1 is 1.14 bits per heavy atom. The van der Waals surface area contributed by atoms with Crippen LogP contribution in [0.2, 0.25) is 0 Å². The number of Topliss-reactive ketones (excluding diaryl/α,β-unsaturated/α-hetero) is 1. The van der Waals surface area contributed by atoms with Gasteiger partial charge in [0.15, 0.2) is 0 Å². The topological polar surface area (TPSA) is 25.2 Å². The molecule has 0 spiro atoms. The van der Waals surface area contributed by atoms with Crippen molar-refractivity contribution >= 4 is 5.78 Å². The second kappa shape index (κ2) is 6.22. The molecule has 0 radical (unpaired) electrons. The summed E-state index contributed by atoms with van der Waals surface area (Å²) in [7, 11) is 3.93. The zero-order valence-corrected chi connectivity index (χ0v) is 13.2. The molecule has 0 atom stereocenters. The molecular weight excluding hydrogens is 272 g/mol. The van der Waals surface area contributed by atoms with Gasteiger partial charge in [0.2, 0.25) is 5.78 Å². The summed E-state index contributed by atoms with van der Waals surface area (Å²) in [5, 5.41) is 0. The molecule has 3 heteroatoms. The largest absolute Gasteiger partial charge is 0.383 e. The number of benzene rings is 1. The molecule has 1 aromatic heterocycles. The molecule has 0 saturated heterocycles.